The molecule has 0 aliphatic carbocycles. The maximum Gasteiger partial charge on any atom is 0.0104 e. The second-order valence-corrected chi connectivity index (χ2v) is 5.42. The first kappa shape index (κ1) is 14.7. The highest BCUT2D eigenvalue weighted by atomic mass is 32.1. The van der Waals surface area contributed by atoms with Gasteiger partial charge in [0.2, 0.25) is 0 Å². The molecule has 0 unspecified atom stereocenters. The highest BCUT2D eigenvalue weighted by Crippen LogP contribution is 2.05. The van der Waals surface area contributed by atoms with Crippen LogP contribution in [0.3, 0.4) is 0 Å². The summed E-state index contributed by atoms with van der Waals surface area (Å²) < 4.78 is 0. The van der Waals surface area contributed by atoms with E-state index in [1.165, 1.54) is 31.4 Å². The van der Waals surface area contributed by atoms with Gasteiger partial charge in [-0.25, -0.2) is 0 Å². The Kier molecular flexibility index (Phi) is 8.32. The summed E-state index contributed by atoms with van der Waals surface area (Å²) in [6, 6.07) is 2.21. The molecule has 0 atom stereocenters. The van der Waals surface area contributed by atoms with Gasteiger partial charge in [0, 0.05) is 13.1 Å². The van der Waals surface area contributed by atoms with E-state index in [9.17, 15) is 0 Å². The van der Waals surface area contributed by atoms with E-state index in [0.717, 1.165) is 26.1 Å². The number of hydrogen-bond acceptors (Lipinski definition) is 3. The zero-order valence-corrected chi connectivity index (χ0v) is 12.1. The first-order valence-corrected chi connectivity index (χ1v) is 7.67. The van der Waals surface area contributed by atoms with E-state index in [2.05, 4.69) is 41.0 Å². The van der Waals surface area contributed by atoms with Gasteiger partial charge in [-0.1, -0.05) is 19.8 Å². The van der Waals surface area contributed by atoms with Crippen molar-refractivity contribution < 1.29 is 0 Å². The molecule has 0 fully saturated rings. The van der Waals surface area contributed by atoms with E-state index in [1.807, 2.05) is 0 Å². The number of thiophene rings is 1. The number of unbranched alkanes of at least 4 members (excludes halogenated alkanes) is 2. The minimum atomic E-state index is 1.10. The van der Waals surface area contributed by atoms with Crippen LogP contribution in [0.25, 0.3) is 0 Å². The van der Waals surface area contributed by atoms with Crippen LogP contribution in [0.2, 0.25) is 0 Å². The Labute approximate surface area is 110 Å². The number of likely N-dealkylation sites (N-methyl/N-ethyl adjacent to an activating group) is 1. The first-order chi connectivity index (χ1) is 8.33. The second kappa shape index (κ2) is 9.63. The van der Waals surface area contributed by atoms with Crippen LogP contribution in [0.15, 0.2) is 16.8 Å². The molecule has 17 heavy (non-hydrogen) atoms. The quantitative estimate of drug-likeness (QED) is 0.646. The molecule has 0 bridgehead atoms. The largest absolute Gasteiger partial charge is 0.315 e. The monoisotopic (exact) mass is 254 g/mol. The third-order valence-corrected chi connectivity index (χ3v) is 3.72. The minimum absolute atomic E-state index is 1.10. The van der Waals surface area contributed by atoms with Crippen molar-refractivity contribution in [3.05, 3.63) is 22.4 Å². The number of hydrogen-bond donors (Lipinski definition) is 1. The Hall–Kier alpha value is -0.380. The lowest BCUT2D eigenvalue weighted by Crippen LogP contribution is -2.30. The van der Waals surface area contributed by atoms with E-state index >= 15 is 0 Å². The average Bonchev–Trinajstić information content (AvgIpc) is 2.82. The molecule has 0 radical (unpaired) electrons. The summed E-state index contributed by atoms with van der Waals surface area (Å²) in [5.41, 5.74) is 1.46. The third kappa shape index (κ3) is 7.53. The first-order valence-electron chi connectivity index (χ1n) is 6.73. The van der Waals surface area contributed by atoms with E-state index in [-0.39, 0.29) is 0 Å². The standard InChI is InChI=1S/C14H26N2S/c1-3-4-5-10-16(2)11-9-15-8-6-14-7-12-17-13-14/h7,12-13,15H,3-6,8-11H2,1-2H3. The molecule has 98 valence electrons. The van der Waals surface area contributed by atoms with Crippen molar-refractivity contribution in [3.8, 4) is 0 Å². The molecule has 0 aliphatic heterocycles. The van der Waals surface area contributed by atoms with Crippen LogP contribution < -0.4 is 5.32 Å². The lowest BCUT2D eigenvalue weighted by molar-refractivity contribution is 0.323. The Morgan fingerprint density at radius 2 is 2.12 bits per heavy atom. The smallest absolute Gasteiger partial charge is 0.0104 e. The highest BCUT2D eigenvalue weighted by molar-refractivity contribution is 7.07. The van der Waals surface area contributed by atoms with Crippen LogP contribution >= 0.6 is 11.3 Å². The molecule has 0 amide bonds. The zero-order chi connectivity index (χ0) is 12.3. The van der Waals surface area contributed by atoms with E-state index < -0.39 is 0 Å². The molecule has 0 saturated carbocycles. The van der Waals surface area contributed by atoms with E-state index in [1.54, 1.807) is 11.3 Å². The van der Waals surface area contributed by atoms with Gasteiger partial charge in [0.15, 0.2) is 0 Å². The molecule has 3 heteroatoms. The van der Waals surface area contributed by atoms with Gasteiger partial charge in [-0.05, 0) is 55.4 Å². The Morgan fingerprint density at radius 3 is 2.82 bits per heavy atom. The van der Waals surface area contributed by atoms with Crippen LogP contribution in [-0.4, -0.2) is 38.1 Å². The van der Waals surface area contributed by atoms with Gasteiger partial charge in [-0.3, -0.25) is 0 Å². The van der Waals surface area contributed by atoms with Crippen molar-refractivity contribution in [2.24, 2.45) is 0 Å². The summed E-state index contributed by atoms with van der Waals surface area (Å²) in [5, 5.41) is 7.89. The summed E-state index contributed by atoms with van der Waals surface area (Å²) in [4.78, 5) is 2.42. The maximum atomic E-state index is 3.51. The fourth-order valence-electron chi connectivity index (χ4n) is 1.81. The van der Waals surface area contributed by atoms with Crippen molar-refractivity contribution in [2.45, 2.75) is 32.6 Å². The molecular formula is C14H26N2S. The van der Waals surface area contributed by atoms with Gasteiger partial charge in [-0.15, -0.1) is 0 Å². The SMILES string of the molecule is CCCCCN(C)CCNCCc1ccsc1. The van der Waals surface area contributed by atoms with Crippen molar-refractivity contribution in [1.29, 1.82) is 0 Å². The third-order valence-electron chi connectivity index (χ3n) is 2.98. The number of nitrogens with one attached hydrogen (secondary N) is 1. The average molecular weight is 254 g/mol. The highest BCUT2D eigenvalue weighted by Gasteiger charge is 1.97. The van der Waals surface area contributed by atoms with Gasteiger partial charge in [0.05, 0.1) is 0 Å². The van der Waals surface area contributed by atoms with Crippen molar-refractivity contribution in [1.82, 2.24) is 10.2 Å². The Balaban J connectivity index is 1.89. The molecule has 1 N–H and O–H groups in total. The van der Waals surface area contributed by atoms with Gasteiger partial charge < -0.3 is 10.2 Å². The molecule has 0 saturated heterocycles. The number of nitrogens with zero attached hydrogens (tertiary/aromatic N) is 1. The van der Waals surface area contributed by atoms with Crippen LogP contribution in [0.1, 0.15) is 31.7 Å². The predicted molar refractivity (Wildman–Crippen MR) is 77.9 cm³/mol. The fourth-order valence-corrected chi connectivity index (χ4v) is 2.51. The van der Waals surface area contributed by atoms with Gasteiger partial charge in [-0.2, -0.15) is 11.3 Å². The number of rotatable bonds is 10. The molecule has 2 nitrogen and oxygen atoms in total. The normalized spacial score (nSPS) is 11.2. The fraction of sp³-hybridized carbons (Fsp3) is 0.714. The van der Waals surface area contributed by atoms with Crippen LogP contribution in [0.4, 0.5) is 0 Å². The predicted octanol–water partition coefficient (Wildman–Crippen LogP) is 3.00. The molecule has 0 aliphatic rings. The van der Waals surface area contributed by atoms with Crippen LogP contribution in [0, 0.1) is 0 Å². The molecule has 0 aromatic carbocycles. The summed E-state index contributed by atoms with van der Waals surface area (Å²) in [6.07, 6.45) is 5.16. The summed E-state index contributed by atoms with van der Waals surface area (Å²) in [7, 11) is 2.22. The van der Waals surface area contributed by atoms with Crippen molar-refractivity contribution >= 4 is 11.3 Å². The van der Waals surface area contributed by atoms with Crippen LogP contribution in [-0.2, 0) is 6.42 Å². The van der Waals surface area contributed by atoms with Crippen LogP contribution in [0.5, 0.6) is 0 Å². The topological polar surface area (TPSA) is 15.3 Å². The minimum Gasteiger partial charge on any atom is -0.315 e. The lowest BCUT2D eigenvalue weighted by Gasteiger charge is -2.16. The molecule has 1 aromatic heterocycles. The van der Waals surface area contributed by atoms with Gasteiger partial charge >= 0.3 is 0 Å². The zero-order valence-electron chi connectivity index (χ0n) is 11.2. The molecule has 0 spiro atoms. The lowest BCUT2D eigenvalue weighted by atomic mass is 10.2. The van der Waals surface area contributed by atoms with Gasteiger partial charge in [0.25, 0.3) is 0 Å². The van der Waals surface area contributed by atoms with Crippen molar-refractivity contribution in [3.63, 3.8) is 0 Å². The summed E-state index contributed by atoms with van der Waals surface area (Å²) in [6.45, 7) is 6.85. The Bertz CT molecular complexity index is 259. The Morgan fingerprint density at radius 1 is 1.24 bits per heavy atom. The van der Waals surface area contributed by atoms with E-state index in [0.29, 0.717) is 0 Å². The van der Waals surface area contributed by atoms with Gasteiger partial charge in [0.1, 0.15) is 0 Å². The molecular weight excluding hydrogens is 228 g/mol. The maximum absolute atomic E-state index is 3.51. The summed E-state index contributed by atoms with van der Waals surface area (Å²) >= 11 is 1.78. The van der Waals surface area contributed by atoms with Crippen molar-refractivity contribution in [2.75, 3.05) is 33.2 Å². The van der Waals surface area contributed by atoms with E-state index in [4.69, 9.17) is 0 Å². The molecule has 1 heterocycles. The molecule has 1 rings (SSSR count). The second-order valence-electron chi connectivity index (χ2n) is 4.64. The molecule has 1 aromatic rings. The summed E-state index contributed by atoms with van der Waals surface area (Å²) in [5.74, 6) is 0.